The molecule has 0 aliphatic carbocycles. The summed E-state index contributed by atoms with van der Waals surface area (Å²) < 4.78 is 28.0. The van der Waals surface area contributed by atoms with Crippen molar-refractivity contribution in [3.8, 4) is 0 Å². The Bertz CT molecular complexity index is 1290. The highest BCUT2D eigenvalue weighted by Crippen LogP contribution is 2.23. The van der Waals surface area contributed by atoms with Gasteiger partial charge in [-0.3, -0.25) is 20.4 Å². The topological polar surface area (TPSA) is 113 Å². The number of thiophene rings is 1. The first-order valence-corrected chi connectivity index (χ1v) is 12.9. The molecule has 2 N–H and O–H groups in total. The van der Waals surface area contributed by atoms with Crippen molar-refractivity contribution in [3.05, 3.63) is 45.4 Å². The number of nitrogens with one attached hydrogen (secondary N) is 2. The summed E-state index contributed by atoms with van der Waals surface area (Å²) >= 11 is 1.42. The molecule has 0 saturated carbocycles. The Morgan fingerprint density at radius 1 is 1.15 bits per heavy atom. The number of rotatable bonds is 8. The average molecular weight is 492 g/mol. The fourth-order valence-corrected chi connectivity index (χ4v) is 5.46. The molecule has 0 fully saturated rings. The van der Waals surface area contributed by atoms with Gasteiger partial charge >= 0.3 is 0 Å². The van der Waals surface area contributed by atoms with Gasteiger partial charge in [0, 0.05) is 38.4 Å². The second kappa shape index (κ2) is 10.0. The van der Waals surface area contributed by atoms with Crippen LogP contribution in [0.1, 0.15) is 46.2 Å². The molecule has 0 saturated heterocycles. The van der Waals surface area contributed by atoms with Crippen LogP contribution in [0.3, 0.4) is 0 Å². The van der Waals surface area contributed by atoms with Gasteiger partial charge in [-0.1, -0.05) is 6.92 Å². The number of benzene rings is 1. The van der Waals surface area contributed by atoms with E-state index in [-0.39, 0.29) is 23.1 Å². The summed E-state index contributed by atoms with van der Waals surface area (Å²) in [6.07, 6.45) is 1.32. The van der Waals surface area contributed by atoms with E-state index in [9.17, 15) is 18.0 Å². The molecular formula is C22H29N5O4S2. The Morgan fingerprint density at radius 2 is 1.88 bits per heavy atom. The van der Waals surface area contributed by atoms with Crippen LogP contribution in [0.5, 0.6) is 0 Å². The van der Waals surface area contributed by atoms with Gasteiger partial charge in [0.25, 0.3) is 5.91 Å². The molecule has 2 amide bonds. The SMILES string of the molecule is CCc1sc(C(=O)NNC(=O)CCc2nc3cc(S(=O)(=O)N(C)C)ccc3n2CC)cc1C. The molecule has 9 nitrogen and oxygen atoms in total. The van der Waals surface area contributed by atoms with Gasteiger partial charge in [-0.05, 0) is 50.1 Å². The minimum absolute atomic E-state index is 0.121. The van der Waals surface area contributed by atoms with Crippen LogP contribution < -0.4 is 10.9 Å². The van der Waals surface area contributed by atoms with Crippen LogP contribution >= 0.6 is 11.3 Å². The number of sulfonamides is 1. The zero-order valence-corrected chi connectivity index (χ0v) is 21.1. The monoisotopic (exact) mass is 491 g/mol. The summed E-state index contributed by atoms with van der Waals surface area (Å²) in [6.45, 7) is 6.59. The molecule has 3 aromatic rings. The average Bonchev–Trinajstić information content (AvgIpc) is 3.34. The van der Waals surface area contributed by atoms with Crippen molar-refractivity contribution < 1.29 is 18.0 Å². The first-order chi connectivity index (χ1) is 15.6. The van der Waals surface area contributed by atoms with Crippen molar-refractivity contribution >= 4 is 44.2 Å². The summed E-state index contributed by atoms with van der Waals surface area (Å²) in [5, 5.41) is 0. The van der Waals surface area contributed by atoms with Gasteiger partial charge in [0.05, 0.1) is 20.8 Å². The van der Waals surface area contributed by atoms with Crippen LogP contribution in [0, 0.1) is 6.92 Å². The highest BCUT2D eigenvalue weighted by molar-refractivity contribution is 7.89. The number of aryl methyl sites for hydroxylation is 4. The highest BCUT2D eigenvalue weighted by Gasteiger charge is 2.20. The number of carbonyl (C=O) groups excluding carboxylic acids is 2. The predicted octanol–water partition coefficient (Wildman–Crippen LogP) is 2.63. The Labute approximate surface area is 197 Å². The third-order valence-electron chi connectivity index (χ3n) is 5.35. The Kier molecular flexibility index (Phi) is 7.55. The van der Waals surface area contributed by atoms with Gasteiger partial charge in [-0.2, -0.15) is 0 Å². The summed E-state index contributed by atoms with van der Waals surface area (Å²) in [6, 6.07) is 6.67. The smallest absolute Gasteiger partial charge is 0.279 e. The maximum Gasteiger partial charge on any atom is 0.279 e. The van der Waals surface area contributed by atoms with Gasteiger partial charge in [0.1, 0.15) is 5.82 Å². The minimum Gasteiger partial charge on any atom is -0.328 e. The number of amides is 2. The Morgan fingerprint density at radius 3 is 2.48 bits per heavy atom. The van der Waals surface area contributed by atoms with Crippen molar-refractivity contribution in [1.82, 2.24) is 24.7 Å². The van der Waals surface area contributed by atoms with Crippen LogP contribution in [0.15, 0.2) is 29.2 Å². The van der Waals surface area contributed by atoms with E-state index >= 15 is 0 Å². The van der Waals surface area contributed by atoms with Crippen molar-refractivity contribution in [1.29, 1.82) is 0 Å². The van der Waals surface area contributed by atoms with Crippen LogP contribution in [0.25, 0.3) is 11.0 Å². The molecule has 33 heavy (non-hydrogen) atoms. The zero-order chi connectivity index (χ0) is 24.3. The third kappa shape index (κ3) is 5.26. The lowest BCUT2D eigenvalue weighted by Crippen LogP contribution is -2.41. The number of fused-ring (bicyclic) bond motifs is 1. The molecule has 0 aliphatic heterocycles. The second-order valence-corrected chi connectivity index (χ2v) is 11.1. The molecule has 0 aliphatic rings. The number of hydrazine groups is 1. The number of hydrogen-bond donors (Lipinski definition) is 2. The molecule has 178 valence electrons. The van der Waals surface area contributed by atoms with Gasteiger partial charge < -0.3 is 4.57 Å². The van der Waals surface area contributed by atoms with Crippen molar-refractivity contribution in [2.24, 2.45) is 0 Å². The zero-order valence-electron chi connectivity index (χ0n) is 19.4. The maximum absolute atomic E-state index is 12.4. The predicted molar refractivity (Wildman–Crippen MR) is 129 cm³/mol. The Balaban J connectivity index is 1.67. The highest BCUT2D eigenvalue weighted by atomic mass is 32.2. The van der Waals surface area contributed by atoms with E-state index in [1.807, 2.05) is 31.4 Å². The number of nitrogens with zero attached hydrogens (tertiary/aromatic N) is 3. The first kappa shape index (κ1) is 24.9. The summed E-state index contributed by atoms with van der Waals surface area (Å²) in [5.74, 6) is -0.000601. The molecule has 3 rings (SSSR count). The molecule has 2 heterocycles. The molecule has 0 atom stereocenters. The van der Waals surface area contributed by atoms with E-state index in [0.29, 0.717) is 29.2 Å². The first-order valence-electron chi connectivity index (χ1n) is 10.7. The van der Waals surface area contributed by atoms with E-state index in [4.69, 9.17) is 0 Å². The minimum atomic E-state index is -3.57. The number of aromatic nitrogens is 2. The van der Waals surface area contributed by atoms with E-state index < -0.39 is 10.0 Å². The molecule has 0 spiro atoms. The number of imidazole rings is 1. The van der Waals surface area contributed by atoms with Crippen LogP contribution in [-0.2, 0) is 34.2 Å². The second-order valence-electron chi connectivity index (χ2n) is 7.78. The van der Waals surface area contributed by atoms with E-state index in [1.165, 1.54) is 25.4 Å². The van der Waals surface area contributed by atoms with Crippen molar-refractivity contribution in [2.75, 3.05) is 14.1 Å². The summed E-state index contributed by atoms with van der Waals surface area (Å²) in [7, 11) is -0.602. The van der Waals surface area contributed by atoms with Gasteiger partial charge in [0.15, 0.2) is 0 Å². The van der Waals surface area contributed by atoms with E-state index in [2.05, 4.69) is 15.8 Å². The fourth-order valence-electron chi connectivity index (χ4n) is 3.53. The van der Waals surface area contributed by atoms with Gasteiger partial charge in [0.2, 0.25) is 15.9 Å². The molecule has 0 unspecified atom stereocenters. The third-order valence-corrected chi connectivity index (χ3v) is 8.54. The largest absolute Gasteiger partial charge is 0.328 e. The van der Waals surface area contributed by atoms with Crippen molar-refractivity contribution in [2.45, 2.75) is 51.5 Å². The lowest BCUT2D eigenvalue weighted by atomic mass is 10.2. The summed E-state index contributed by atoms with van der Waals surface area (Å²) in [4.78, 5) is 31.0. The maximum atomic E-state index is 12.4. The lowest BCUT2D eigenvalue weighted by Gasteiger charge is -2.11. The molecule has 0 bridgehead atoms. The molecule has 1 aromatic carbocycles. The van der Waals surface area contributed by atoms with E-state index in [0.717, 1.165) is 26.7 Å². The van der Waals surface area contributed by atoms with Gasteiger partial charge in [-0.15, -0.1) is 11.3 Å². The quantitative estimate of drug-likeness (QED) is 0.470. The van der Waals surface area contributed by atoms with Crippen LogP contribution in [-0.4, -0.2) is 48.2 Å². The van der Waals surface area contributed by atoms with Gasteiger partial charge in [-0.25, -0.2) is 17.7 Å². The molecular weight excluding hydrogens is 462 g/mol. The molecule has 11 heteroatoms. The number of hydrogen-bond acceptors (Lipinski definition) is 6. The van der Waals surface area contributed by atoms with Crippen LogP contribution in [0.4, 0.5) is 0 Å². The number of carbonyl (C=O) groups is 2. The lowest BCUT2D eigenvalue weighted by molar-refractivity contribution is -0.121. The van der Waals surface area contributed by atoms with Crippen LogP contribution in [0.2, 0.25) is 0 Å². The van der Waals surface area contributed by atoms with Crippen molar-refractivity contribution in [3.63, 3.8) is 0 Å². The summed E-state index contributed by atoms with van der Waals surface area (Å²) in [5.41, 5.74) is 7.35. The Hall–Kier alpha value is -2.76. The fraction of sp³-hybridized carbons (Fsp3) is 0.409. The standard InChI is InChI=1S/C22H29N5O4S2/c1-6-18-14(3)12-19(32-18)22(29)25-24-21(28)11-10-20-23-16-13-15(33(30,31)26(4)5)8-9-17(16)27(20)7-2/h8-9,12-13H,6-7,10-11H2,1-5H3,(H,24,28)(H,25,29). The molecule has 0 radical (unpaired) electrons. The van der Waals surface area contributed by atoms with E-state index in [1.54, 1.807) is 18.2 Å². The molecule has 2 aromatic heterocycles. The normalized spacial score (nSPS) is 11.8.